The molecule has 3 aromatic rings. The van der Waals surface area contributed by atoms with Gasteiger partial charge in [0, 0.05) is 12.2 Å². The molecule has 0 unspecified atom stereocenters. The Hall–Kier alpha value is -2.91. The smallest absolute Gasteiger partial charge is 0.230 e. The second-order valence-corrected chi connectivity index (χ2v) is 9.19. The highest BCUT2D eigenvalue weighted by atomic mass is 32.2. The molecule has 4 rings (SSSR count). The summed E-state index contributed by atoms with van der Waals surface area (Å²) in [6.45, 7) is 3.27. The van der Waals surface area contributed by atoms with Crippen molar-refractivity contribution in [1.29, 1.82) is 0 Å². The molecule has 1 saturated heterocycles. The van der Waals surface area contributed by atoms with E-state index in [1.807, 2.05) is 28.8 Å². The average Bonchev–Trinajstić information content (AvgIpc) is 3.26. The lowest BCUT2D eigenvalue weighted by Gasteiger charge is -2.26. The number of hydrogen-bond donors (Lipinski definition) is 1. The van der Waals surface area contributed by atoms with Crippen LogP contribution in [0, 0.1) is 5.82 Å². The Kier molecular flexibility index (Phi) is 8.54. The monoisotopic (exact) mass is 483 g/mol. The summed E-state index contributed by atoms with van der Waals surface area (Å²) in [7, 11) is 1.64. The fraction of sp³-hybridized carbons (Fsp3) is 0.400. The molecule has 0 radical (unpaired) electrons. The van der Waals surface area contributed by atoms with Gasteiger partial charge in [0.1, 0.15) is 11.6 Å². The molecule has 180 valence electrons. The number of thioether (sulfide) groups is 1. The number of carbonyl (C=O) groups excluding carboxylic acids is 1. The van der Waals surface area contributed by atoms with Crippen LogP contribution in [0.4, 0.5) is 4.39 Å². The number of nitrogens with zero attached hydrogens (tertiary/aromatic N) is 4. The molecule has 0 aliphatic carbocycles. The van der Waals surface area contributed by atoms with Crippen molar-refractivity contribution in [2.75, 3.05) is 32.5 Å². The Morgan fingerprint density at radius 1 is 1.09 bits per heavy atom. The van der Waals surface area contributed by atoms with E-state index in [9.17, 15) is 9.18 Å². The molecule has 2 heterocycles. The van der Waals surface area contributed by atoms with Gasteiger partial charge >= 0.3 is 0 Å². The van der Waals surface area contributed by atoms with Crippen molar-refractivity contribution >= 4 is 17.7 Å². The lowest BCUT2D eigenvalue weighted by Crippen LogP contribution is -2.30. The van der Waals surface area contributed by atoms with Gasteiger partial charge in [-0.05, 0) is 68.2 Å². The summed E-state index contributed by atoms with van der Waals surface area (Å²) in [6.07, 6.45) is 4.31. The Bertz CT molecular complexity index is 1080. The topological polar surface area (TPSA) is 72.3 Å². The number of methoxy groups -OCH3 is 1. The molecule has 0 bridgehead atoms. The van der Waals surface area contributed by atoms with E-state index < -0.39 is 0 Å². The molecule has 0 spiro atoms. The molecular weight excluding hydrogens is 453 g/mol. The highest BCUT2D eigenvalue weighted by Gasteiger charge is 2.19. The van der Waals surface area contributed by atoms with Gasteiger partial charge in [-0.3, -0.25) is 14.3 Å². The minimum absolute atomic E-state index is 0.0777. The normalized spacial score (nSPS) is 14.2. The van der Waals surface area contributed by atoms with E-state index in [1.165, 1.54) is 43.2 Å². The number of carbonyl (C=O) groups is 1. The van der Waals surface area contributed by atoms with E-state index in [1.54, 1.807) is 19.2 Å². The third-order valence-electron chi connectivity index (χ3n) is 5.84. The summed E-state index contributed by atoms with van der Waals surface area (Å²) < 4.78 is 20.8. The number of aromatic nitrogens is 3. The van der Waals surface area contributed by atoms with Crippen molar-refractivity contribution in [2.24, 2.45) is 0 Å². The predicted molar refractivity (Wildman–Crippen MR) is 131 cm³/mol. The van der Waals surface area contributed by atoms with Crippen molar-refractivity contribution in [3.8, 4) is 11.4 Å². The molecular formula is C25H30FN5O2S. The Balaban J connectivity index is 1.39. The minimum Gasteiger partial charge on any atom is -0.496 e. The fourth-order valence-electron chi connectivity index (χ4n) is 4.09. The van der Waals surface area contributed by atoms with Crippen molar-refractivity contribution < 1.29 is 13.9 Å². The zero-order chi connectivity index (χ0) is 23.8. The Labute approximate surface area is 203 Å². The lowest BCUT2D eigenvalue weighted by molar-refractivity contribution is -0.118. The first-order valence-electron chi connectivity index (χ1n) is 11.6. The van der Waals surface area contributed by atoms with Crippen LogP contribution in [0.15, 0.2) is 53.7 Å². The van der Waals surface area contributed by atoms with Gasteiger partial charge in [0.25, 0.3) is 0 Å². The zero-order valence-corrected chi connectivity index (χ0v) is 20.2. The molecule has 0 atom stereocenters. The maximum Gasteiger partial charge on any atom is 0.230 e. The minimum atomic E-state index is -0.293. The van der Waals surface area contributed by atoms with E-state index >= 15 is 0 Å². The predicted octanol–water partition coefficient (Wildman–Crippen LogP) is 3.85. The zero-order valence-electron chi connectivity index (χ0n) is 19.4. The average molecular weight is 484 g/mol. The van der Waals surface area contributed by atoms with Gasteiger partial charge in [0.15, 0.2) is 11.0 Å². The third-order valence-corrected chi connectivity index (χ3v) is 6.77. The van der Waals surface area contributed by atoms with Crippen molar-refractivity contribution in [2.45, 2.75) is 37.4 Å². The molecule has 2 aromatic carbocycles. The van der Waals surface area contributed by atoms with Crippen LogP contribution in [-0.4, -0.2) is 58.1 Å². The maximum atomic E-state index is 13.5. The lowest BCUT2D eigenvalue weighted by atomic mass is 10.1. The van der Waals surface area contributed by atoms with Crippen molar-refractivity contribution in [1.82, 2.24) is 25.0 Å². The summed E-state index contributed by atoms with van der Waals surface area (Å²) in [4.78, 5) is 14.9. The second-order valence-electron chi connectivity index (χ2n) is 8.25. The van der Waals surface area contributed by atoms with E-state index in [-0.39, 0.29) is 17.5 Å². The summed E-state index contributed by atoms with van der Waals surface area (Å²) in [5, 5.41) is 12.4. The Morgan fingerprint density at radius 3 is 2.62 bits per heavy atom. The molecule has 1 amide bonds. The van der Waals surface area contributed by atoms with Crippen LogP contribution in [0.25, 0.3) is 5.69 Å². The van der Waals surface area contributed by atoms with Crippen LogP contribution in [0.2, 0.25) is 0 Å². The highest BCUT2D eigenvalue weighted by Crippen LogP contribution is 2.24. The SMILES string of the molecule is COc1ccccc1CCNC(=O)CSc1nnc(CN2CCCCC2)n1-c1ccc(F)cc1. The van der Waals surface area contributed by atoms with Crippen LogP contribution < -0.4 is 10.1 Å². The molecule has 7 nitrogen and oxygen atoms in total. The summed E-state index contributed by atoms with van der Waals surface area (Å²) in [6, 6.07) is 14.1. The number of piperidine rings is 1. The molecule has 9 heteroatoms. The quantitative estimate of drug-likeness (QED) is 0.442. The van der Waals surface area contributed by atoms with Crippen LogP contribution in [0.3, 0.4) is 0 Å². The number of ether oxygens (including phenoxy) is 1. The first-order chi connectivity index (χ1) is 16.6. The van der Waals surface area contributed by atoms with Gasteiger partial charge in [0.05, 0.1) is 19.4 Å². The molecule has 1 aliphatic rings. The molecule has 1 aromatic heterocycles. The maximum absolute atomic E-state index is 13.5. The van der Waals surface area contributed by atoms with Crippen molar-refractivity contribution in [3.05, 3.63) is 65.7 Å². The standard InChI is InChI=1S/C25H30FN5O2S/c1-33-22-8-4-3-7-19(22)13-14-27-24(32)18-34-25-29-28-23(17-30-15-5-2-6-16-30)31(25)21-11-9-20(26)10-12-21/h3-4,7-12H,2,5-6,13-18H2,1H3,(H,27,32). The fourth-order valence-corrected chi connectivity index (χ4v) is 4.89. The number of para-hydroxylation sites is 1. The van der Waals surface area contributed by atoms with E-state index in [0.717, 1.165) is 35.9 Å². The van der Waals surface area contributed by atoms with Crippen LogP contribution >= 0.6 is 11.8 Å². The second kappa shape index (κ2) is 12.0. The van der Waals surface area contributed by atoms with Crippen LogP contribution in [0.1, 0.15) is 30.7 Å². The first kappa shape index (κ1) is 24.2. The number of halogens is 1. The van der Waals surface area contributed by atoms with E-state index in [2.05, 4.69) is 20.4 Å². The Morgan fingerprint density at radius 2 is 1.85 bits per heavy atom. The molecule has 1 fully saturated rings. The molecule has 1 aliphatic heterocycles. The third kappa shape index (κ3) is 6.36. The number of nitrogens with one attached hydrogen (secondary N) is 1. The molecule has 34 heavy (non-hydrogen) atoms. The van der Waals surface area contributed by atoms with Gasteiger partial charge in [-0.15, -0.1) is 10.2 Å². The molecule has 0 saturated carbocycles. The highest BCUT2D eigenvalue weighted by molar-refractivity contribution is 7.99. The van der Waals surface area contributed by atoms with E-state index in [4.69, 9.17) is 4.74 Å². The summed E-state index contributed by atoms with van der Waals surface area (Å²) in [5.41, 5.74) is 1.84. The van der Waals surface area contributed by atoms with Crippen LogP contribution in [-0.2, 0) is 17.8 Å². The number of rotatable bonds is 10. The first-order valence-corrected chi connectivity index (χ1v) is 12.6. The number of hydrogen-bond acceptors (Lipinski definition) is 6. The van der Waals surface area contributed by atoms with E-state index in [0.29, 0.717) is 24.7 Å². The van der Waals surface area contributed by atoms with Gasteiger partial charge in [-0.25, -0.2) is 4.39 Å². The summed E-state index contributed by atoms with van der Waals surface area (Å²) >= 11 is 1.33. The molecule has 1 N–H and O–H groups in total. The van der Waals surface area contributed by atoms with Gasteiger partial charge in [-0.2, -0.15) is 0 Å². The summed E-state index contributed by atoms with van der Waals surface area (Å²) in [5.74, 6) is 1.46. The largest absolute Gasteiger partial charge is 0.496 e. The van der Waals surface area contributed by atoms with Crippen molar-refractivity contribution in [3.63, 3.8) is 0 Å². The number of amides is 1. The number of likely N-dealkylation sites (tertiary alicyclic amines) is 1. The van der Waals surface area contributed by atoms with Crippen LogP contribution in [0.5, 0.6) is 5.75 Å². The number of benzene rings is 2. The van der Waals surface area contributed by atoms with Gasteiger partial charge in [0.2, 0.25) is 5.91 Å². The van der Waals surface area contributed by atoms with Gasteiger partial charge < -0.3 is 10.1 Å². The van der Waals surface area contributed by atoms with Gasteiger partial charge in [-0.1, -0.05) is 36.4 Å².